The number of rotatable bonds is 6. The Hall–Kier alpha value is -2.15. The van der Waals surface area contributed by atoms with Crippen LogP contribution in [-0.2, 0) is 12.2 Å². The van der Waals surface area contributed by atoms with Crippen LogP contribution in [0, 0.1) is 0 Å². The highest BCUT2D eigenvalue weighted by Gasteiger charge is 2.23. The highest BCUT2D eigenvalue weighted by atomic mass is 32.2. The number of thioether (sulfide) groups is 1. The maximum Gasteiger partial charge on any atom is 0.262 e. The Morgan fingerprint density at radius 1 is 1.23 bits per heavy atom. The van der Waals surface area contributed by atoms with Gasteiger partial charge in [-0.15, -0.1) is 0 Å². The lowest BCUT2D eigenvalue weighted by Crippen LogP contribution is -2.26. The van der Waals surface area contributed by atoms with Crippen LogP contribution in [0.5, 0.6) is 0 Å². The van der Waals surface area contributed by atoms with Gasteiger partial charge in [0.05, 0.1) is 16.7 Å². The first-order chi connectivity index (χ1) is 12.8. The van der Waals surface area contributed by atoms with Crippen LogP contribution in [0.4, 0.5) is 0 Å². The first-order valence-electron chi connectivity index (χ1n) is 9.22. The molecular formula is C19H22N4O2S. The highest BCUT2D eigenvalue weighted by Crippen LogP contribution is 2.32. The molecule has 0 unspecified atom stereocenters. The van der Waals surface area contributed by atoms with Crippen LogP contribution in [0.3, 0.4) is 0 Å². The molecule has 0 bridgehead atoms. The summed E-state index contributed by atoms with van der Waals surface area (Å²) in [5.74, 6) is 1.84. The smallest absolute Gasteiger partial charge is 0.262 e. The van der Waals surface area contributed by atoms with Gasteiger partial charge in [-0.25, -0.2) is 4.98 Å². The fraction of sp³-hybridized carbons (Fsp3) is 0.474. The molecule has 2 heterocycles. The van der Waals surface area contributed by atoms with Crippen molar-refractivity contribution in [1.82, 2.24) is 19.7 Å². The van der Waals surface area contributed by atoms with Crippen LogP contribution in [0.15, 0.2) is 38.7 Å². The van der Waals surface area contributed by atoms with Crippen LogP contribution in [-0.4, -0.2) is 19.7 Å². The van der Waals surface area contributed by atoms with Crippen molar-refractivity contribution in [2.75, 3.05) is 0 Å². The Balaban J connectivity index is 1.67. The third-order valence-corrected chi connectivity index (χ3v) is 5.71. The van der Waals surface area contributed by atoms with Gasteiger partial charge in [-0.2, -0.15) is 4.98 Å². The molecule has 26 heavy (non-hydrogen) atoms. The summed E-state index contributed by atoms with van der Waals surface area (Å²) in [6.45, 7) is 2.09. The second kappa shape index (κ2) is 7.61. The standard InChI is InChI=1S/C19H22N4O2S/c1-2-7-16-21-17(25-22-16)12-26-19-20-15-11-6-5-10-14(15)18(24)23(19)13-8-3-4-9-13/h5-6,10-11,13H,2-4,7-9,12H2,1H3. The van der Waals surface area contributed by atoms with Crippen molar-refractivity contribution >= 4 is 22.7 Å². The van der Waals surface area contributed by atoms with Crippen molar-refractivity contribution in [2.45, 2.75) is 62.4 Å². The van der Waals surface area contributed by atoms with Crippen LogP contribution in [0.1, 0.15) is 56.8 Å². The molecule has 6 nitrogen and oxygen atoms in total. The number of aryl methyl sites for hydroxylation is 1. The van der Waals surface area contributed by atoms with E-state index in [4.69, 9.17) is 9.51 Å². The molecule has 0 aliphatic heterocycles. The van der Waals surface area contributed by atoms with Crippen LogP contribution in [0.2, 0.25) is 0 Å². The third-order valence-electron chi connectivity index (χ3n) is 4.77. The summed E-state index contributed by atoms with van der Waals surface area (Å²) in [5, 5.41) is 5.43. The minimum Gasteiger partial charge on any atom is -0.338 e. The van der Waals surface area contributed by atoms with Gasteiger partial charge in [0.2, 0.25) is 5.89 Å². The topological polar surface area (TPSA) is 73.8 Å². The van der Waals surface area contributed by atoms with E-state index >= 15 is 0 Å². The third kappa shape index (κ3) is 3.40. The second-order valence-corrected chi connectivity index (χ2v) is 7.61. The van der Waals surface area contributed by atoms with Crippen molar-refractivity contribution in [3.05, 3.63) is 46.3 Å². The predicted octanol–water partition coefficient (Wildman–Crippen LogP) is 4.14. The van der Waals surface area contributed by atoms with E-state index < -0.39 is 0 Å². The Morgan fingerprint density at radius 3 is 2.85 bits per heavy atom. The second-order valence-electron chi connectivity index (χ2n) is 6.67. The molecule has 3 aromatic rings. The zero-order valence-corrected chi connectivity index (χ0v) is 15.7. The maximum atomic E-state index is 13.1. The van der Waals surface area contributed by atoms with E-state index in [1.165, 1.54) is 11.8 Å². The van der Waals surface area contributed by atoms with Gasteiger partial charge in [0, 0.05) is 12.5 Å². The van der Waals surface area contributed by atoms with Gasteiger partial charge in [-0.3, -0.25) is 9.36 Å². The molecule has 0 N–H and O–H groups in total. The zero-order valence-electron chi connectivity index (χ0n) is 14.9. The summed E-state index contributed by atoms with van der Waals surface area (Å²) in [5.41, 5.74) is 0.800. The van der Waals surface area contributed by atoms with E-state index in [1.807, 2.05) is 28.8 Å². The van der Waals surface area contributed by atoms with Gasteiger partial charge in [0.1, 0.15) is 0 Å². The SMILES string of the molecule is CCCc1noc(CSc2nc3ccccc3c(=O)n2C2CCCC2)n1. The molecule has 1 aromatic carbocycles. The number of hydrogen-bond acceptors (Lipinski definition) is 6. The Morgan fingerprint density at radius 2 is 2.04 bits per heavy atom. The number of para-hydroxylation sites is 1. The normalized spacial score (nSPS) is 15.1. The lowest BCUT2D eigenvalue weighted by molar-refractivity contribution is 0.384. The number of benzene rings is 1. The van der Waals surface area contributed by atoms with Gasteiger partial charge < -0.3 is 4.52 Å². The van der Waals surface area contributed by atoms with Crippen molar-refractivity contribution in [1.29, 1.82) is 0 Å². The van der Waals surface area contributed by atoms with Crippen molar-refractivity contribution in [2.24, 2.45) is 0 Å². The van der Waals surface area contributed by atoms with E-state index in [0.717, 1.165) is 55.0 Å². The van der Waals surface area contributed by atoms with Crippen LogP contribution >= 0.6 is 11.8 Å². The van der Waals surface area contributed by atoms with Crippen molar-refractivity contribution in [3.63, 3.8) is 0 Å². The molecule has 1 aliphatic rings. The van der Waals surface area contributed by atoms with Gasteiger partial charge in [-0.05, 0) is 31.4 Å². The molecule has 1 aliphatic carbocycles. The molecule has 7 heteroatoms. The average Bonchev–Trinajstić information content (AvgIpc) is 3.32. The zero-order chi connectivity index (χ0) is 17.9. The predicted molar refractivity (Wildman–Crippen MR) is 101 cm³/mol. The molecule has 0 atom stereocenters. The molecule has 0 spiro atoms. The summed E-state index contributed by atoms with van der Waals surface area (Å²) in [6.07, 6.45) is 6.20. The van der Waals surface area contributed by atoms with Crippen molar-refractivity contribution in [3.8, 4) is 0 Å². The molecule has 0 saturated heterocycles. The first kappa shape index (κ1) is 17.3. The molecule has 2 aromatic heterocycles. The average molecular weight is 370 g/mol. The molecule has 1 saturated carbocycles. The number of nitrogens with zero attached hydrogens (tertiary/aromatic N) is 4. The fourth-order valence-electron chi connectivity index (χ4n) is 3.51. The van der Waals surface area contributed by atoms with Crippen LogP contribution in [0.25, 0.3) is 10.9 Å². The number of hydrogen-bond donors (Lipinski definition) is 0. The molecular weight excluding hydrogens is 348 g/mol. The number of fused-ring (bicyclic) bond motifs is 1. The largest absolute Gasteiger partial charge is 0.338 e. The highest BCUT2D eigenvalue weighted by molar-refractivity contribution is 7.98. The summed E-state index contributed by atoms with van der Waals surface area (Å²) in [7, 11) is 0. The van der Waals surface area contributed by atoms with E-state index in [-0.39, 0.29) is 11.6 Å². The Bertz CT molecular complexity index is 960. The maximum absolute atomic E-state index is 13.1. The van der Waals surface area contributed by atoms with E-state index in [2.05, 4.69) is 17.1 Å². The molecule has 1 fully saturated rings. The van der Waals surface area contributed by atoms with E-state index in [9.17, 15) is 4.79 Å². The minimum absolute atomic E-state index is 0.0576. The molecule has 0 radical (unpaired) electrons. The van der Waals surface area contributed by atoms with E-state index in [0.29, 0.717) is 17.0 Å². The van der Waals surface area contributed by atoms with Gasteiger partial charge in [0.15, 0.2) is 11.0 Å². The monoisotopic (exact) mass is 370 g/mol. The quantitative estimate of drug-likeness (QED) is 0.479. The lowest BCUT2D eigenvalue weighted by atomic mass is 10.2. The summed E-state index contributed by atoms with van der Waals surface area (Å²) in [6, 6.07) is 7.80. The van der Waals surface area contributed by atoms with Crippen molar-refractivity contribution < 1.29 is 4.52 Å². The lowest BCUT2D eigenvalue weighted by Gasteiger charge is -2.18. The Kier molecular flexibility index (Phi) is 5.06. The molecule has 0 amide bonds. The molecule has 136 valence electrons. The van der Waals surface area contributed by atoms with Gasteiger partial charge in [-0.1, -0.05) is 48.8 Å². The van der Waals surface area contributed by atoms with E-state index in [1.54, 1.807) is 0 Å². The summed E-state index contributed by atoms with van der Waals surface area (Å²) < 4.78 is 7.22. The first-order valence-corrected chi connectivity index (χ1v) is 10.2. The van der Waals surface area contributed by atoms with Gasteiger partial charge >= 0.3 is 0 Å². The van der Waals surface area contributed by atoms with Gasteiger partial charge in [0.25, 0.3) is 5.56 Å². The van der Waals surface area contributed by atoms with Crippen LogP contribution < -0.4 is 5.56 Å². The summed E-state index contributed by atoms with van der Waals surface area (Å²) in [4.78, 5) is 22.3. The minimum atomic E-state index is 0.0576. The fourth-order valence-corrected chi connectivity index (χ4v) is 4.42. The number of aromatic nitrogens is 4. The summed E-state index contributed by atoms with van der Waals surface area (Å²) >= 11 is 1.50. The Labute approximate surface area is 156 Å². The molecule has 4 rings (SSSR count).